The van der Waals surface area contributed by atoms with Gasteiger partial charge in [0.15, 0.2) is 11.4 Å². The van der Waals surface area contributed by atoms with Gasteiger partial charge in [0.25, 0.3) is 0 Å². The van der Waals surface area contributed by atoms with Gasteiger partial charge in [0, 0.05) is 57.6 Å². The summed E-state index contributed by atoms with van der Waals surface area (Å²) in [4.78, 5) is 20.8. The van der Waals surface area contributed by atoms with Gasteiger partial charge in [-0.15, -0.1) is 11.3 Å². The largest absolute Gasteiger partial charge is 0.466 e. The summed E-state index contributed by atoms with van der Waals surface area (Å²) in [6.45, 7) is 4.29. The molecule has 1 saturated carbocycles. The minimum atomic E-state index is -0.0750. The summed E-state index contributed by atoms with van der Waals surface area (Å²) in [6.07, 6.45) is 11.0. The van der Waals surface area contributed by atoms with E-state index in [4.69, 9.17) is 20.0 Å². The number of ether oxygens (including phenoxy) is 1. The van der Waals surface area contributed by atoms with Crippen molar-refractivity contribution in [2.45, 2.75) is 45.6 Å². The molecule has 5 aromatic rings. The Morgan fingerprint density at radius 2 is 2.03 bits per heavy atom. The van der Waals surface area contributed by atoms with E-state index in [-0.39, 0.29) is 17.9 Å². The number of aromatic nitrogens is 4. The van der Waals surface area contributed by atoms with Gasteiger partial charge in [-0.25, -0.2) is 4.98 Å². The number of hydrogen-bond donors (Lipinski definition) is 1. The van der Waals surface area contributed by atoms with Crippen LogP contribution >= 0.6 is 11.3 Å². The molecule has 9 heteroatoms. The summed E-state index contributed by atoms with van der Waals surface area (Å²) in [7, 11) is 0. The van der Waals surface area contributed by atoms with Crippen LogP contribution in [0.25, 0.3) is 43.5 Å². The van der Waals surface area contributed by atoms with Gasteiger partial charge >= 0.3 is 5.97 Å². The molecule has 2 N–H and O–H groups in total. The van der Waals surface area contributed by atoms with Crippen LogP contribution in [0.5, 0.6) is 0 Å². The van der Waals surface area contributed by atoms with E-state index in [0.29, 0.717) is 18.0 Å². The minimum absolute atomic E-state index is 0.00780. The number of carbonyl (C=O) groups is 1. The number of rotatable bonds is 5. The normalized spacial score (nSPS) is 18.2. The fourth-order valence-corrected chi connectivity index (χ4v) is 6.15. The van der Waals surface area contributed by atoms with Gasteiger partial charge < -0.3 is 14.9 Å². The number of esters is 1. The Hall–Kier alpha value is -3.72. The zero-order chi connectivity index (χ0) is 24.8. The van der Waals surface area contributed by atoms with Crippen molar-refractivity contribution < 1.29 is 13.9 Å². The lowest BCUT2D eigenvalue weighted by molar-refractivity contribution is -0.149. The lowest BCUT2D eigenvalue weighted by atomic mass is 9.86. The zero-order valence-corrected chi connectivity index (χ0v) is 21.0. The van der Waals surface area contributed by atoms with E-state index in [0.717, 1.165) is 69.3 Å². The van der Waals surface area contributed by atoms with Crippen LogP contribution in [-0.4, -0.2) is 32.3 Å². The van der Waals surface area contributed by atoms with Gasteiger partial charge in [0.2, 0.25) is 0 Å². The number of fused-ring (bicyclic) bond motifs is 2. The Bertz CT molecular complexity index is 1580. The second-order valence-corrected chi connectivity index (χ2v) is 10.2. The van der Waals surface area contributed by atoms with Gasteiger partial charge in [-0.3, -0.25) is 14.5 Å². The molecule has 0 amide bonds. The van der Waals surface area contributed by atoms with E-state index in [1.54, 1.807) is 23.7 Å². The average Bonchev–Trinajstić information content (AvgIpc) is 3.61. The molecule has 5 aromatic heterocycles. The molecule has 0 aromatic carbocycles. The summed E-state index contributed by atoms with van der Waals surface area (Å²) in [5.74, 6) is 1.04. The average molecular weight is 502 g/mol. The smallest absolute Gasteiger partial charge is 0.308 e. The Morgan fingerprint density at radius 1 is 1.19 bits per heavy atom. The predicted molar refractivity (Wildman–Crippen MR) is 141 cm³/mol. The molecule has 184 valence electrons. The molecule has 1 aliphatic rings. The van der Waals surface area contributed by atoms with Crippen LogP contribution in [0, 0.1) is 12.8 Å². The number of nitrogens with zero attached hydrogens (tertiary/aromatic N) is 4. The Morgan fingerprint density at radius 3 is 2.83 bits per heavy atom. The van der Waals surface area contributed by atoms with Crippen molar-refractivity contribution >= 4 is 44.2 Å². The number of hydrogen-bond acceptors (Lipinski definition) is 8. The molecular weight excluding hydrogens is 474 g/mol. The first-order valence-electron chi connectivity index (χ1n) is 12.3. The fourth-order valence-electron chi connectivity index (χ4n) is 5.23. The first kappa shape index (κ1) is 22.7. The lowest BCUT2D eigenvalue weighted by Gasteiger charge is -2.27. The third-order valence-corrected chi connectivity index (χ3v) is 8.06. The van der Waals surface area contributed by atoms with Gasteiger partial charge in [-0.2, -0.15) is 5.10 Å². The highest BCUT2D eigenvalue weighted by molar-refractivity contribution is 7.17. The van der Waals surface area contributed by atoms with E-state index in [9.17, 15) is 4.79 Å². The summed E-state index contributed by atoms with van der Waals surface area (Å²) in [5.41, 5.74) is 10.7. The predicted octanol–water partition coefficient (Wildman–Crippen LogP) is 6.15. The number of thiophene rings is 1. The van der Waals surface area contributed by atoms with Crippen molar-refractivity contribution in [2.24, 2.45) is 5.92 Å². The van der Waals surface area contributed by atoms with Gasteiger partial charge in [0.1, 0.15) is 5.76 Å². The topological polar surface area (TPSA) is 109 Å². The van der Waals surface area contributed by atoms with Crippen LogP contribution in [0.4, 0.5) is 5.82 Å². The number of carbonyl (C=O) groups excluding carboxylic acids is 1. The fraction of sp³-hybridized carbons (Fsp3) is 0.333. The summed E-state index contributed by atoms with van der Waals surface area (Å²) in [5, 5.41) is 8.95. The highest BCUT2D eigenvalue weighted by Gasteiger charge is 2.29. The van der Waals surface area contributed by atoms with E-state index in [2.05, 4.69) is 26.2 Å². The first-order valence-corrected chi connectivity index (χ1v) is 13.1. The SMILES string of the molecule is CCOC(=O)C1CCC(n2cc(-c3cnc(N)c4oc(-c5csc6cnccc56)cc34)c(C)n2)CC1. The van der Waals surface area contributed by atoms with Gasteiger partial charge in [-0.05, 0) is 51.7 Å². The molecule has 0 unspecified atom stereocenters. The molecule has 0 atom stereocenters. The Kier molecular flexibility index (Phi) is 5.72. The number of pyridine rings is 2. The van der Waals surface area contributed by atoms with Crippen LogP contribution in [0.1, 0.15) is 44.3 Å². The molecule has 0 spiro atoms. The number of nitrogens with two attached hydrogens (primary N) is 1. The van der Waals surface area contributed by atoms with Crippen molar-refractivity contribution in [1.82, 2.24) is 19.7 Å². The van der Waals surface area contributed by atoms with Gasteiger partial charge in [-0.1, -0.05) is 0 Å². The quantitative estimate of drug-likeness (QED) is 0.288. The highest BCUT2D eigenvalue weighted by Crippen LogP contribution is 2.41. The molecular formula is C27H27N5O3S. The second-order valence-electron chi connectivity index (χ2n) is 9.30. The van der Waals surface area contributed by atoms with Crippen molar-refractivity contribution in [3.8, 4) is 22.5 Å². The molecule has 0 radical (unpaired) electrons. The van der Waals surface area contributed by atoms with E-state index < -0.39 is 0 Å². The first-order chi connectivity index (χ1) is 17.5. The van der Waals surface area contributed by atoms with Crippen LogP contribution in [0.2, 0.25) is 0 Å². The molecule has 5 heterocycles. The van der Waals surface area contributed by atoms with Crippen molar-refractivity contribution in [1.29, 1.82) is 0 Å². The van der Waals surface area contributed by atoms with Crippen molar-refractivity contribution in [2.75, 3.05) is 12.3 Å². The van der Waals surface area contributed by atoms with Crippen LogP contribution in [0.3, 0.4) is 0 Å². The van der Waals surface area contributed by atoms with E-state index in [1.807, 2.05) is 32.2 Å². The van der Waals surface area contributed by atoms with Gasteiger partial charge in [0.05, 0.1) is 29.0 Å². The number of anilines is 1. The molecule has 0 bridgehead atoms. The minimum Gasteiger partial charge on any atom is -0.466 e. The van der Waals surface area contributed by atoms with E-state index >= 15 is 0 Å². The summed E-state index contributed by atoms with van der Waals surface area (Å²) >= 11 is 1.64. The van der Waals surface area contributed by atoms with Crippen LogP contribution in [0.15, 0.2) is 46.7 Å². The molecule has 0 saturated heterocycles. The molecule has 1 fully saturated rings. The molecule has 0 aliphatic heterocycles. The zero-order valence-electron chi connectivity index (χ0n) is 20.2. The molecule has 36 heavy (non-hydrogen) atoms. The van der Waals surface area contributed by atoms with Crippen molar-refractivity contribution in [3.63, 3.8) is 0 Å². The molecule has 8 nitrogen and oxygen atoms in total. The molecule has 6 rings (SSSR count). The standard InChI is InChI=1S/C27H27N5O3S/c1-3-34-27(33)16-4-6-17(7-5-16)32-13-21(15(2)31-32)20-11-30-26(28)25-19(20)10-23(35-25)22-14-36-24-12-29-9-8-18(22)24/h8-14,16-17H,3-7H2,1-2H3,(H2,28,30). The maximum absolute atomic E-state index is 12.1. The monoisotopic (exact) mass is 501 g/mol. The number of aryl methyl sites for hydroxylation is 1. The van der Waals surface area contributed by atoms with Crippen molar-refractivity contribution in [3.05, 3.63) is 48.0 Å². The maximum Gasteiger partial charge on any atom is 0.308 e. The second kappa shape index (κ2) is 9.05. The summed E-state index contributed by atoms with van der Waals surface area (Å²) < 4.78 is 14.6. The third-order valence-electron chi connectivity index (χ3n) is 7.13. The lowest BCUT2D eigenvalue weighted by Crippen LogP contribution is -2.25. The third kappa shape index (κ3) is 3.83. The maximum atomic E-state index is 12.1. The number of nitrogen functional groups attached to an aromatic ring is 1. The number of furan rings is 1. The van der Waals surface area contributed by atoms with Crippen LogP contribution in [-0.2, 0) is 9.53 Å². The highest BCUT2D eigenvalue weighted by atomic mass is 32.1. The molecule has 1 aliphatic carbocycles. The van der Waals surface area contributed by atoms with E-state index in [1.165, 1.54) is 0 Å². The summed E-state index contributed by atoms with van der Waals surface area (Å²) in [6, 6.07) is 4.30. The Labute approximate surface area is 212 Å². The Balaban J connectivity index is 1.34. The van der Waals surface area contributed by atoms with Crippen LogP contribution < -0.4 is 5.73 Å².